The van der Waals surface area contributed by atoms with Gasteiger partial charge >= 0.3 is 6.09 Å². The Hall–Kier alpha value is -1.72. The van der Waals surface area contributed by atoms with E-state index in [1.54, 1.807) is 11.1 Å². The summed E-state index contributed by atoms with van der Waals surface area (Å²) in [6.07, 6.45) is 0.930. The summed E-state index contributed by atoms with van der Waals surface area (Å²) in [5, 5.41) is 13.7. The predicted octanol–water partition coefficient (Wildman–Crippen LogP) is 2.02. The number of hydrogen-bond acceptors (Lipinski definition) is 3. The normalized spacial score (nSPS) is 24.1. The molecule has 6 nitrogen and oxygen atoms in total. The van der Waals surface area contributed by atoms with Crippen LogP contribution < -0.4 is 4.90 Å². The highest BCUT2D eigenvalue weighted by molar-refractivity contribution is 5.67. The van der Waals surface area contributed by atoms with Crippen LogP contribution in [-0.2, 0) is 7.05 Å². The molecule has 0 aromatic carbocycles. The Balaban J connectivity index is 2.34. The highest BCUT2D eigenvalue weighted by Gasteiger charge is 2.48. The van der Waals surface area contributed by atoms with Crippen molar-refractivity contribution in [2.24, 2.45) is 12.5 Å². The van der Waals surface area contributed by atoms with Gasteiger partial charge in [-0.2, -0.15) is 5.10 Å². The summed E-state index contributed by atoms with van der Waals surface area (Å²) in [6, 6.07) is 1.97. The van der Waals surface area contributed by atoms with Gasteiger partial charge in [-0.25, -0.2) is 4.79 Å². The number of anilines is 1. The third-order valence-corrected chi connectivity index (χ3v) is 4.65. The average molecular weight is 280 g/mol. The van der Waals surface area contributed by atoms with Crippen molar-refractivity contribution in [3.05, 3.63) is 12.3 Å². The van der Waals surface area contributed by atoms with Crippen molar-refractivity contribution in [3.8, 4) is 0 Å². The number of rotatable bonds is 1. The minimum atomic E-state index is -0.841. The molecule has 1 aromatic heterocycles. The molecule has 0 bridgehead atoms. The highest BCUT2D eigenvalue weighted by atomic mass is 16.4. The molecule has 1 amide bonds. The molecule has 2 rings (SSSR count). The third-order valence-electron chi connectivity index (χ3n) is 4.65. The second-order valence-electron chi connectivity index (χ2n) is 6.69. The van der Waals surface area contributed by atoms with Crippen molar-refractivity contribution >= 4 is 11.9 Å². The van der Waals surface area contributed by atoms with Crippen LogP contribution >= 0.6 is 0 Å². The Morgan fingerprint density at radius 2 is 2.05 bits per heavy atom. The first-order chi connectivity index (χ1) is 9.17. The zero-order valence-electron chi connectivity index (χ0n) is 12.9. The molecule has 0 saturated carbocycles. The van der Waals surface area contributed by atoms with Gasteiger partial charge in [-0.05, 0) is 12.3 Å². The SMILES string of the molecule is Cn1nccc1N1CCN(C(=O)O)C(C)(C(C)(C)C)C1. The second-order valence-corrected chi connectivity index (χ2v) is 6.69. The molecule has 0 radical (unpaired) electrons. The first-order valence-electron chi connectivity index (χ1n) is 6.90. The van der Waals surface area contributed by atoms with Gasteiger partial charge in [0.25, 0.3) is 0 Å². The molecule has 1 aliphatic heterocycles. The van der Waals surface area contributed by atoms with Gasteiger partial charge in [0, 0.05) is 32.7 Å². The van der Waals surface area contributed by atoms with Crippen molar-refractivity contribution in [2.75, 3.05) is 24.5 Å². The van der Waals surface area contributed by atoms with Gasteiger partial charge in [-0.3, -0.25) is 9.58 Å². The van der Waals surface area contributed by atoms with E-state index >= 15 is 0 Å². The first-order valence-corrected chi connectivity index (χ1v) is 6.90. The van der Waals surface area contributed by atoms with E-state index in [1.165, 1.54) is 0 Å². The summed E-state index contributed by atoms with van der Waals surface area (Å²) in [4.78, 5) is 15.4. The fraction of sp³-hybridized carbons (Fsp3) is 0.714. The van der Waals surface area contributed by atoms with E-state index < -0.39 is 11.6 Å². The number of carbonyl (C=O) groups is 1. The van der Waals surface area contributed by atoms with Gasteiger partial charge in [-0.1, -0.05) is 20.8 Å². The molecule has 1 atom stereocenters. The fourth-order valence-corrected chi connectivity index (χ4v) is 2.82. The molecule has 0 spiro atoms. The van der Waals surface area contributed by atoms with Crippen molar-refractivity contribution < 1.29 is 9.90 Å². The minimum Gasteiger partial charge on any atom is -0.465 e. The summed E-state index contributed by atoms with van der Waals surface area (Å²) < 4.78 is 1.83. The lowest BCUT2D eigenvalue weighted by Gasteiger charge is -2.54. The third kappa shape index (κ3) is 2.23. The Morgan fingerprint density at radius 1 is 1.40 bits per heavy atom. The lowest BCUT2D eigenvalue weighted by atomic mass is 9.72. The average Bonchev–Trinajstić information content (AvgIpc) is 2.73. The van der Waals surface area contributed by atoms with Gasteiger partial charge in [0.15, 0.2) is 0 Å². The Kier molecular flexibility index (Phi) is 3.44. The van der Waals surface area contributed by atoms with Crippen molar-refractivity contribution in [3.63, 3.8) is 0 Å². The quantitative estimate of drug-likeness (QED) is 0.855. The van der Waals surface area contributed by atoms with Crippen LogP contribution in [0.3, 0.4) is 0 Å². The van der Waals surface area contributed by atoms with E-state index in [9.17, 15) is 9.90 Å². The van der Waals surface area contributed by atoms with Crippen molar-refractivity contribution in [1.82, 2.24) is 14.7 Å². The molecule has 1 unspecified atom stereocenters. The Bertz CT molecular complexity index is 506. The first kappa shape index (κ1) is 14.7. The van der Waals surface area contributed by atoms with E-state index in [-0.39, 0.29) is 5.41 Å². The molecular weight excluding hydrogens is 256 g/mol. The molecule has 1 aromatic rings. The molecule has 1 aliphatic rings. The van der Waals surface area contributed by atoms with Crippen LogP contribution in [0.4, 0.5) is 10.6 Å². The van der Waals surface area contributed by atoms with Crippen molar-refractivity contribution in [2.45, 2.75) is 33.2 Å². The van der Waals surface area contributed by atoms with E-state index in [4.69, 9.17) is 0 Å². The summed E-state index contributed by atoms with van der Waals surface area (Å²) >= 11 is 0. The van der Waals surface area contributed by atoms with Crippen LogP contribution in [0.15, 0.2) is 12.3 Å². The maximum absolute atomic E-state index is 11.6. The number of piperazine rings is 1. The van der Waals surface area contributed by atoms with E-state index in [2.05, 4.69) is 30.8 Å². The second kappa shape index (κ2) is 4.68. The maximum atomic E-state index is 11.6. The largest absolute Gasteiger partial charge is 0.465 e. The summed E-state index contributed by atoms with van der Waals surface area (Å²) in [7, 11) is 1.91. The molecule has 1 fully saturated rings. The standard InChI is InChI=1S/C14H24N4O2/c1-13(2,3)14(4)10-17(8-9-18(14)12(19)20)11-6-7-15-16(11)5/h6-7H,8-10H2,1-5H3,(H,19,20). The smallest absolute Gasteiger partial charge is 0.407 e. The van der Waals surface area contributed by atoms with Crippen LogP contribution in [-0.4, -0.2) is 51.1 Å². The maximum Gasteiger partial charge on any atom is 0.407 e. The van der Waals surface area contributed by atoms with Crippen LogP contribution in [0.5, 0.6) is 0 Å². The molecule has 1 saturated heterocycles. The summed E-state index contributed by atoms with van der Waals surface area (Å²) in [5.41, 5.74) is -0.593. The zero-order valence-corrected chi connectivity index (χ0v) is 12.9. The number of carboxylic acid groups (broad SMARTS) is 1. The van der Waals surface area contributed by atoms with Crippen molar-refractivity contribution in [1.29, 1.82) is 0 Å². The Morgan fingerprint density at radius 3 is 2.50 bits per heavy atom. The van der Waals surface area contributed by atoms with Gasteiger partial charge in [0.05, 0.1) is 11.7 Å². The van der Waals surface area contributed by atoms with Crippen LogP contribution in [0.2, 0.25) is 0 Å². The van der Waals surface area contributed by atoms with Gasteiger partial charge < -0.3 is 10.0 Å². The van der Waals surface area contributed by atoms with E-state index in [0.29, 0.717) is 19.6 Å². The molecule has 1 N–H and O–H groups in total. The molecule has 6 heteroatoms. The van der Waals surface area contributed by atoms with Gasteiger partial charge in [-0.15, -0.1) is 0 Å². The molecule has 112 valence electrons. The Labute approximate surface area is 120 Å². The predicted molar refractivity (Wildman–Crippen MR) is 78.0 cm³/mol. The summed E-state index contributed by atoms with van der Waals surface area (Å²) in [5.74, 6) is 1.03. The van der Waals surface area contributed by atoms with Crippen LogP contribution in [0.25, 0.3) is 0 Å². The van der Waals surface area contributed by atoms with Crippen LogP contribution in [0.1, 0.15) is 27.7 Å². The molecule has 0 aliphatic carbocycles. The lowest BCUT2D eigenvalue weighted by Crippen LogP contribution is -2.67. The van der Waals surface area contributed by atoms with Gasteiger partial charge in [0.2, 0.25) is 0 Å². The summed E-state index contributed by atoms with van der Waals surface area (Å²) in [6.45, 7) is 10.2. The molecular formula is C14H24N4O2. The number of aryl methyl sites for hydroxylation is 1. The number of hydrogen-bond donors (Lipinski definition) is 1. The van der Waals surface area contributed by atoms with Crippen LogP contribution in [0, 0.1) is 5.41 Å². The highest BCUT2D eigenvalue weighted by Crippen LogP contribution is 2.39. The van der Waals surface area contributed by atoms with E-state index in [0.717, 1.165) is 5.82 Å². The minimum absolute atomic E-state index is 0.150. The number of amides is 1. The monoisotopic (exact) mass is 280 g/mol. The topological polar surface area (TPSA) is 61.6 Å². The van der Waals surface area contributed by atoms with E-state index in [1.807, 2.05) is 24.7 Å². The van der Waals surface area contributed by atoms with Gasteiger partial charge in [0.1, 0.15) is 5.82 Å². The lowest BCUT2D eigenvalue weighted by molar-refractivity contribution is 0.00714. The fourth-order valence-electron chi connectivity index (χ4n) is 2.82. The number of nitrogens with zero attached hydrogens (tertiary/aromatic N) is 4. The zero-order chi connectivity index (χ0) is 15.1. The molecule has 20 heavy (non-hydrogen) atoms. The number of aromatic nitrogens is 2. The molecule has 2 heterocycles.